The Labute approximate surface area is 136 Å². The van der Waals surface area contributed by atoms with Gasteiger partial charge >= 0.3 is 0 Å². The number of ether oxygens (including phenoxy) is 1. The first-order chi connectivity index (χ1) is 10.3. The van der Waals surface area contributed by atoms with E-state index in [1.54, 1.807) is 0 Å². The average Bonchev–Trinajstić information content (AvgIpc) is 2.91. The second-order valence-electron chi connectivity index (χ2n) is 4.69. The van der Waals surface area contributed by atoms with Crippen LogP contribution in [-0.2, 0) is 0 Å². The van der Waals surface area contributed by atoms with Crippen LogP contribution in [0.2, 0.25) is 0 Å². The summed E-state index contributed by atoms with van der Waals surface area (Å²) >= 11 is 2.29. The average molecular weight is 392 g/mol. The van der Waals surface area contributed by atoms with E-state index in [0.717, 1.165) is 22.7 Å². The van der Waals surface area contributed by atoms with E-state index in [4.69, 9.17) is 9.84 Å². The third-order valence-electron chi connectivity index (χ3n) is 3.12. The molecule has 0 unspecified atom stereocenters. The van der Waals surface area contributed by atoms with Gasteiger partial charge in [-0.15, -0.1) is 0 Å². The van der Waals surface area contributed by atoms with Gasteiger partial charge in [-0.05, 0) is 46.9 Å². The van der Waals surface area contributed by atoms with Crippen molar-refractivity contribution < 1.29 is 9.84 Å². The second kappa shape index (κ2) is 6.44. The molecule has 3 rings (SSSR count). The van der Waals surface area contributed by atoms with Crippen molar-refractivity contribution in [1.82, 2.24) is 9.38 Å². The number of imidazole rings is 1. The van der Waals surface area contributed by atoms with Gasteiger partial charge in [-0.1, -0.05) is 12.1 Å². The Morgan fingerprint density at radius 1 is 1.19 bits per heavy atom. The zero-order valence-corrected chi connectivity index (χ0v) is 13.5. The summed E-state index contributed by atoms with van der Waals surface area (Å²) in [6, 6.07) is 11.9. The van der Waals surface area contributed by atoms with Crippen molar-refractivity contribution in [2.24, 2.45) is 0 Å². The highest BCUT2D eigenvalue weighted by molar-refractivity contribution is 14.1. The Bertz CT molecular complexity index is 755. The van der Waals surface area contributed by atoms with E-state index in [1.165, 1.54) is 3.57 Å². The van der Waals surface area contributed by atoms with E-state index in [1.807, 2.05) is 53.2 Å². The molecule has 0 aliphatic carbocycles. The summed E-state index contributed by atoms with van der Waals surface area (Å²) in [5.41, 5.74) is 2.87. The zero-order valence-electron chi connectivity index (χ0n) is 11.4. The first kappa shape index (κ1) is 14.3. The van der Waals surface area contributed by atoms with Gasteiger partial charge in [0.05, 0.1) is 12.3 Å². The number of aromatic nitrogens is 2. The summed E-state index contributed by atoms with van der Waals surface area (Å²) in [6.07, 6.45) is 4.70. The van der Waals surface area contributed by atoms with E-state index in [-0.39, 0.29) is 6.61 Å². The number of pyridine rings is 1. The molecule has 0 fully saturated rings. The first-order valence-electron chi connectivity index (χ1n) is 6.74. The van der Waals surface area contributed by atoms with Crippen LogP contribution in [0, 0.1) is 3.57 Å². The Hall–Kier alpha value is -1.60. The van der Waals surface area contributed by atoms with Gasteiger partial charge in [-0.25, -0.2) is 4.98 Å². The molecule has 1 aromatic carbocycles. The maximum Gasteiger partial charge on any atom is 0.137 e. The molecule has 0 amide bonds. The van der Waals surface area contributed by atoms with Gasteiger partial charge in [0, 0.05) is 34.6 Å². The lowest BCUT2D eigenvalue weighted by Gasteiger charge is -2.06. The molecule has 0 saturated heterocycles. The lowest BCUT2D eigenvalue weighted by Crippen LogP contribution is -1.99. The molecule has 2 aromatic heterocycles. The van der Waals surface area contributed by atoms with Crippen molar-refractivity contribution in [2.45, 2.75) is 6.42 Å². The van der Waals surface area contributed by atoms with Crippen molar-refractivity contribution in [3.63, 3.8) is 0 Å². The van der Waals surface area contributed by atoms with Crippen LogP contribution in [0.1, 0.15) is 6.42 Å². The second-order valence-corrected chi connectivity index (χ2v) is 5.94. The van der Waals surface area contributed by atoms with E-state index in [9.17, 15) is 0 Å². The molecule has 21 heavy (non-hydrogen) atoms. The summed E-state index contributed by atoms with van der Waals surface area (Å²) in [4.78, 5) is 4.63. The minimum Gasteiger partial charge on any atom is -0.493 e. The fourth-order valence-corrected chi connectivity index (χ4v) is 2.58. The van der Waals surface area contributed by atoms with E-state index < -0.39 is 0 Å². The summed E-state index contributed by atoms with van der Waals surface area (Å²) < 4.78 is 8.80. The van der Waals surface area contributed by atoms with Gasteiger partial charge in [-0.2, -0.15) is 0 Å². The molecule has 3 aromatic rings. The standard InChI is InChI=1S/C16H15IN2O2/c17-13-5-6-16-18-15(11-19(16)10-13)12-3-1-4-14(9-12)21-8-2-7-20/h1,3-6,9-11,20H,2,7-8H2/i17-2. The van der Waals surface area contributed by atoms with Crippen molar-refractivity contribution >= 4 is 28.2 Å². The predicted molar refractivity (Wildman–Crippen MR) is 90.5 cm³/mol. The molecule has 0 saturated carbocycles. The van der Waals surface area contributed by atoms with Crippen LogP contribution < -0.4 is 4.74 Å². The lowest BCUT2D eigenvalue weighted by molar-refractivity contribution is 0.233. The van der Waals surface area contributed by atoms with Gasteiger partial charge in [0.25, 0.3) is 0 Å². The minimum absolute atomic E-state index is 0.144. The number of rotatable bonds is 5. The van der Waals surface area contributed by atoms with E-state index >= 15 is 0 Å². The highest BCUT2D eigenvalue weighted by Gasteiger charge is 2.06. The van der Waals surface area contributed by atoms with Gasteiger partial charge in [-0.3, -0.25) is 0 Å². The fourth-order valence-electron chi connectivity index (χ4n) is 2.10. The van der Waals surface area contributed by atoms with Crippen LogP contribution in [-0.4, -0.2) is 27.7 Å². The quantitative estimate of drug-likeness (QED) is 0.535. The Morgan fingerprint density at radius 2 is 2.10 bits per heavy atom. The number of aliphatic hydroxyl groups is 1. The summed E-state index contributed by atoms with van der Waals surface area (Å²) in [7, 11) is 0. The van der Waals surface area contributed by atoms with Crippen LogP contribution in [0.15, 0.2) is 48.8 Å². The number of fused-ring (bicyclic) bond motifs is 1. The SMILES string of the molecule is OCCCOc1cccc(-c2cn3cc([125I])ccc3n2)c1. The van der Waals surface area contributed by atoms with E-state index in [0.29, 0.717) is 13.0 Å². The van der Waals surface area contributed by atoms with Crippen LogP contribution >= 0.6 is 22.6 Å². The van der Waals surface area contributed by atoms with Crippen LogP contribution in [0.5, 0.6) is 5.75 Å². The normalized spacial score (nSPS) is 11.0. The molecule has 0 radical (unpaired) electrons. The van der Waals surface area contributed by atoms with Crippen molar-refractivity contribution in [1.29, 1.82) is 0 Å². The highest BCUT2D eigenvalue weighted by Crippen LogP contribution is 2.24. The number of hydrogen-bond donors (Lipinski definition) is 1. The first-order valence-corrected chi connectivity index (χ1v) is 7.82. The van der Waals surface area contributed by atoms with Crippen molar-refractivity contribution in [3.05, 3.63) is 52.4 Å². The number of benzene rings is 1. The van der Waals surface area contributed by atoms with Crippen molar-refractivity contribution in [2.75, 3.05) is 13.2 Å². The Morgan fingerprint density at radius 3 is 2.95 bits per heavy atom. The molecule has 5 heteroatoms. The molecule has 108 valence electrons. The molecule has 0 atom stereocenters. The molecule has 0 aliphatic rings. The van der Waals surface area contributed by atoms with Gasteiger partial charge < -0.3 is 14.2 Å². The molecule has 2 heterocycles. The summed E-state index contributed by atoms with van der Waals surface area (Å²) in [5.74, 6) is 0.799. The van der Waals surface area contributed by atoms with Crippen LogP contribution in [0.3, 0.4) is 0 Å². The van der Waals surface area contributed by atoms with E-state index in [2.05, 4.69) is 27.6 Å². The number of nitrogens with zero attached hydrogens (tertiary/aromatic N) is 2. The molecule has 0 bridgehead atoms. The molecular formula is C16H15IN2O2. The number of hydrogen-bond acceptors (Lipinski definition) is 3. The highest BCUT2D eigenvalue weighted by atomic mass is 125. The largest absolute Gasteiger partial charge is 0.493 e. The summed E-state index contributed by atoms with van der Waals surface area (Å²) in [6.45, 7) is 0.661. The Kier molecular flexibility index (Phi) is 4.40. The summed E-state index contributed by atoms with van der Waals surface area (Å²) in [5, 5.41) is 8.79. The maximum absolute atomic E-state index is 8.79. The molecule has 1 N–H and O–H groups in total. The Balaban J connectivity index is 1.89. The van der Waals surface area contributed by atoms with Crippen LogP contribution in [0.4, 0.5) is 0 Å². The van der Waals surface area contributed by atoms with Crippen molar-refractivity contribution in [3.8, 4) is 17.0 Å². The molecular weight excluding hydrogens is 377 g/mol. The minimum atomic E-state index is 0.144. The topological polar surface area (TPSA) is 46.8 Å². The zero-order chi connectivity index (χ0) is 14.7. The van der Waals surface area contributed by atoms with Crippen LogP contribution in [0.25, 0.3) is 16.9 Å². The van der Waals surface area contributed by atoms with Gasteiger partial charge in [0.2, 0.25) is 0 Å². The fraction of sp³-hybridized carbons (Fsp3) is 0.188. The monoisotopic (exact) mass is 392 g/mol. The molecule has 4 nitrogen and oxygen atoms in total. The smallest absolute Gasteiger partial charge is 0.137 e. The number of halogens is 1. The van der Waals surface area contributed by atoms with Gasteiger partial charge in [0.1, 0.15) is 11.4 Å². The molecule has 0 aliphatic heterocycles. The molecule has 0 spiro atoms. The lowest BCUT2D eigenvalue weighted by atomic mass is 10.1. The van der Waals surface area contributed by atoms with Gasteiger partial charge in [0.15, 0.2) is 0 Å². The third kappa shape index (κ3) is 3.36. The maximum atomic E-state index is 8.79. The predicted octanol–water partition coefficient (Wildman–Crippen LogP) is 3.37. The number of aliphatic hydroxyl groups excluding tert-OH is 1. The third-order valence-corrected chi connectivity index (χ3v) is 3.75.